The third kappa shape index (κ3) is 5.17. The topological polar surface area (TPSA) is 58.6 Å². The van der Waals surface area contributed by atoms with Crippen LogP contribution in [0.25, 0.3) is 0 Å². The van der Waals surface area contributed by atoms with E-state index in [1.54, 1.807) is 24.3 Å². The van der Waals surface area contributed by atoms with Crippen molar-refractivity contribution in [1.82, 2.24) is 4.90 Å². The zero-order valence-electron chi connectivity index (χ0n) is 15.8. The second-order valence-corrected chi connectivity index (χ2v) is 6.38. The predicted octanol–water partition coefficient (Wildman–Crippen LogP) is 3.96. The number of benzene rings is 2. The highest BCUT2D eigenvalue weighted by Gasteiger charge is 2.11. The lowest BCUT2D eigenvalue weighted by Crippen LogP contribution is -2.29. The van der Waals surface area contributed by atoms with Crippen molar-refractivity contribution in [2.45, 2.75) is 33.4 Å². The molecule has 138 valence electrons. The number of ether oxygens (including phenoxy) is 1. The highest BCUT2D eigenvalue weighted by molar-refractivity contribution is 6.04. The van der Waals surface area contributed by atoms with E-state index in [4.69, 9.17) is 4.74 Å². The Balaban J connectivity index is 2.05. The van der Waals surface area contributed by atoms with Gasteiger partial charge in [0.05, 0.1) is 12.7 Å². The molecule has 0 aliphatic carbocycles. The highest BCUT2D eigenvalue weighted by atomic mass is 16.5. The number of anilines is 1. The van der Waals surface area contributed by atoms with Gasteiger partial charge in [0, 0.05) is 23.8 Å². The third-order valence-corrected chi connectivity index (χ3v) is 4.28. The van der Waals surface area contributed by atoms with Crippen LogP contribution in [0.2, 0.25) is 0 Å². The van der Waals surface area contributed by atoms with Gasteiger partial charge in [0.2, 0.25) is 0 Å². The van der Waals surface area contributed by atoms with Gasteiger partial charge in [0.25, 0.3) is 5.91 Å². The summed E-state index contributed by atoms with van der Waals surface area (Å²) in [5, 5.41) is 2.81. The normalized spacial score (nSPS) is 10.8. The fourth-order valence-electron chi connectivity index (χ4n) is 2.70. The van der Waals surface area contributed by atoms with Crippen molar-refractivity contribution in [3.63, 3.8) is 0 Å². The monoisotopic (exact) mass is 354 g/mol. The first-order valence-corrected chi connectivity index (χ1v) is 8.77. The van der Waals surface area contributed by atoms with Crippen molar-refractivity contribution >= 4 is 17.6 Å². The Bertz CT molecular complexity index is 754. The molecular weight excluding hydrogens is 328 g/mol. The Morgan fingerprint density at radius 3 is 2.35 bits per heavy atom. The summed E-state index contributed by atoms with van der Waals surface area (Å²) in [7, 11) is 1.33. The lowest BCUT2D eigenvalue weighted by molar-refractivity contribution is 0.0600. The number of nitrogens with zero attached hydrogens (tertiary/aromatic N) is 1. The molecule has 0 saturated carbocycles. The predicted molar refractivity (Wildman–Crippen MR) is 103 cm³/mol. The SMILES string of the molecule is CCN(Cc1ccc(C(=O)Nc2cccc(C(=O)OC)c2)cc1)C(C)C. The van der Waals surface area contributed by atoms with Crippen molar-refractivity contribution < 1.29 is 14.3 Å². The molecule has 2 aromatic rings. The number of amides is 1. The van der Waals surface area contributed by atoms with Crippen LogP contribution in [-0.4, -0.2) is 36.5 Å². The fraction of sp³-hybridized carbons (Fsp3) is 0.333. The van der Waals surface area contributed by atoms with Gasteiger partial charge in [-0.05, 0) is 56.3 Å². The van der Waals surface area contributed by atoms with Crippen molar-refractivity contribution in [3.8, 4) is 0 Å². The van der Waals surface area contributed by atoms with Gasteiger partial charge in [-0.1, -0.05) is 25.1 Å². The maximum atomic E-state index is 12.4. The number of hydrogen-bond donors (Lipinski definition) is 1. The van der Waals surface area contributed by atoms with Crippen molar-refractivity contribution in [3.05, 3.63) is 65.2 Å². The van der Waals surface area contributed by atoms with Crippen LogP contribution >= 0.6 is 0 Å². The molecule has 0 radical (unpaired) electrons. The molecule has 0 aliphatic heterocycles. The molecule has 0 heterocycles. The van der Waals surface area contributed by atoms with Crippen LogP contribution < -0.4 is 5.32 Å². The van der Waals surface area contributed by atoms with Gasteiger partial charge in [0.1, 0.15) is 0 Å². The first-order chi connectivity index (χ1) is 12.4. The largest absolute Gasteiger partial charge is 0.465 e. The molecule has 2 aromatic carbocycles. The van der Waals surface area contributed by atoms with Crippen LogP contribution in [0.1, 0.15) is 47.1 Å². The van der Waals surface area contributed by atoms with Crippen LogP contribution in [0.4, 0.5) is 5.69 Å². The number of carbonyl (C=O) groups is 2. The Kier molecular flexibility index (Phi) is 6.92. The van der Waals surface area contributed by atoms with Gasteiger partial charge < -0.3 is 10.1 Å². The van der Waals surface area contributed by atoms with Gasteiger partial charge in [-0.3, -0.25) is 9.69 Å². The molecule has 5 heteroatoms. The van der Waals surface area contributed by atoms with E-state index in [1.165, 1.54) is 12.7 Å². The first kappa shape index (κ1) is 19.7. The number of carbonyl (C=O) groups excluding carboxylic acids is 2. The molecule has 0 aromatic heterocycles. The standard InChI is InChI=1S/C21H26N2O3/c1-5-23(15(2)3)14-16-9-11-17(12-10-16)20(24)22-19-8-6-7-18(13-19)21(25)26-4/h6-13,15H,5,14H2,1-4H3,(H,22,24). The minimum Gasteiger partial charge on any atom is -0.465 e. The van der Waals surface area contributed by atoms with E-state index in [9.17, 15) is 9.59 Å². The summed E-state index contributed by atoms with van der Waals surface area (Å²) in [6.07, 6.45) is 0. The number of nitrogens with one attached hydrogen (secondary N) is 1. The smallest absolute Gasteiger partial charge is 0.337 e. The molecule has 5 nitrogen and oxygen atoms in total. The van der Waals surface area contributed by atoms with E-state index >= 15 is 0 Å². The number of hydrogen-bond acceptors (Lipinski definition) is 4. The number of esters is 1. The van der Waals surface area contributed by atoms with E-state index in [-0.39, 0.29) is 5.91 Å². The third-order valence-electron chi connectivity index (χ3n) is 4.28. The average molecular weight is 354 g/mol. The molecule has 1 amide bonds. The lowest BCUT2D eigenvalue weighted by atomic mass is 10.1. The van der Waals surface area contributed by atoms with Crippen LogP contribution in [-0.2, 0) is 11.3 Å². The number of methoxy groups -OCH3 is 1. The highest BCUT2D eigenvalue weighted by Crippen LogP contribution is 2.14. The molecule has 0 bridgehead atoms. The number of rotatable bonds is 7. The maximum Gasteiger partial charge on any atom is 0.337 e. The second kappa shape index (κ2) is 9.15. The van der Waals surface area contributed by atoms with E-state index in [2.05, 4.69) is 31.0 Å². The van der Waals surface area contributed by atoms with E-state index in [0.717, 1.165) is 13.1 Å². The molecule has 26 heavy (non-hydrogen) atoms. The van der Waals surface area contributed by atoms with Crippen molar-refractivity contribution in [1.29, 1.82) is 0 Å². The Hall–Kier alpha value is -2.66. The van der Waals surface area contributed by atoms with Crippen LogP contribution in [0.3, 0.4) is 0 Å². The van der Waals surface area contributed by atoms with E-state index < -0.39 is 5.97 Å². The van der Waals surface area contributed by atoms with Gasteiger partial charge >= 0.3 is 5.97 Å². The minimum absolute atomic E-state index is 0.213. The van der Waals surface area contributed by atoms with E-state index in [1.807, 2.05) is 24.3 Å². The second-order valence-electron chi connectivity index (χ2n) is 6.38. The van der Waals surface area contributed by atoms with Gasteiger partial charge in [-0.2, -0.15) is 0 Å². The molecule has 2 rings (SSSR count). The molecule has 1 N–H and O–H groups in total. The summed E-state index contributed by atoms with van der Waals surface area (Å²) in [5.74, 6) is -0.647. The average Bonchev–Trinajstić information content (AvgIpc) is 2.65. The van der Waals surface area contributed by atoms with E-state index in [0.29, 0.717) is 22.9 Å². The van der Waals surface area contributed by atoms with Crippen LogP contribution in [0, 0.1) is 0 Å². The summed E-state index contributed by atoms with van der Waals surface area (Å²) in [4.78, 5) is 26.4. The van der Waals surface area contributed by atoms with Gasteiger partial charge in [-0.25, -0.2) is 4.79 Å². The molecular formula is C21H26N2O3. The zero-order valence-corrected chi connectivity index (χ0v) is 15.8. The zero-order chi connectivity index (χ0) is 19.1. The fourth-order valence-corrected chi connectivity index (χ4v) is 2.70. The molecule has 0 spiro atoms. The van der Waals surface area contributed by atoms with Gasteiger partial charge in [0.15, 0.2) is 0 Å². The Morgan fingerprint density at radius 2 is 1.77 bits per heavy atom. The molecule has 0 saturated heterocycles. The molecule has 0 aliphatic rings. The summed E-state index contributed by atoms with van der Waals surface area (Å²) in [6.45, 7) is 8.33. The summed E-state index contributed by atoms with van der Waals surface area (Å²) in [6, 6.07) is 14.8. The molecule has 0 fully saturated rings. The maximum absolute atomic E-state index is 12.4. The van der Waals surface area contributed by atoms with Crippen molar-refractivity contribution in [2.24, 2.45) is 0 Å². The Labute approximate surface area is 155 Å². The molecule has 0 atom stereocenters. The summed E-state index contributed by atoms with van der Waals surface area (Å²) in [5.41, 5.74) is 2.70. The van der Waals surface area contributed by atoms with Crippen LogP contribution in [0.5, 0.6) is 0 Å². The summed E-state index contributed by atoms with van der Waals surface area (Å²) < 4.78 is 4.70. The Morgan fingerprint density at radius 1 is 1.08 bits per heavy atom. The van der Waals surface area contributed by atoms with Gasteiger partial charge in [-0.15, -0.1) is 0 Å². The van der Waals surface area contributed by atoms with Crippen molar-refractivity contribution in [2.75, 3.05) is 19.0 Å². The first-order valence-electron chi connectivity index (χ1n) is 8.77. The lowest BCUT2D eigenvalue weighted by Gasteiger charge is -2.24. The quantitative estimate of drug-likeness (QED) is 0.765. The summed E-state index contributed by atoms with van der Waals surface area (Å²) >= 11 is 0. The molecule has 0 unspecified atom stereocenters. The minimum atomic E-state index is -0.434. The van der Waals surface area contributed by atoms with Crippen LogP contribution in [0.15, 0.2) is 48.5 Å².